The second-order valence-corrected chi connectivity index (χ2v) is 8.91. The van der Waals surface area contributed by atoms with Crippen molar-refractivity contribution < 1.29 is 22.8 Å². The summed E-state index contributed by atoms with van der Waals surface area (Å²) in [4.78, 5) is 37.6. The van der Waals surface area contributed by atoms with Crippen molar-refractivity contribution in [3.05, 3.63) is 95.6 Å². The average molecular weight is 449 g/mol. The number of fused-ring (bicyclic) bond motifs is 1. The maximum absolute atomic E-state index is 12.6. The third kappa shape index (κ3) is 4.10. The molecule has 162 valence electrons. The summed E-state index contributed by atoms with van der Waals surface area (Å²) in [5.41, 5.74) is 1.38. The predicted octanol–water partition coefficient (Wildman–Crippen LogP) is 2.40. The van der Waals surface area contributed by atoms with E-state index in [0.29, 0.717) is 10.8 Å². The van der Waals surface area contributed by atoms with E-state index >= 15 is 0 Å². The first kappa shape index (κ1) is 21.3. The summed E-state index contributed by atoms with van der Waals surface area (Å²) in [6.07, 6.45) is 0. The Hall–Kier alpha value is -3.98. The monoisotopic (exact) mass is 449 g/mol. The fourth-order valence-corrected chi connectivity index (χ4v) is 4.90. The third-order valence-electron chi connectivity index (χ3n) is 4.94. The Balaban J connectivity index is 1.47. The highest BCUT2D eigenvalue weighted by Gasteiger charge is 2.41. The van der Waals surface area contributed by atoms with Crippen LogP contribution in [0.3, 0.4) is 0 Å². The van der Waals surface area contributed by atoms with Crippen LogP contribution < -0.4 is 10.6 Å². The molecule has 0 radical (unpaired) electrons. The molecular formula is C23H19N3O5S. The van der Waals surface area contributed by atoms with Crippen LogP contribution in [0.5, 0.6) is 0 Å². The number of carbonyl (C=O) groups excluding carboxylic acids is 3. The summed E-state index contributed by atoms with van der Waals surface area (Å²) < 4.78 is 25.8. The Bertz CT molecular complexity index is 1310. The number of benzene rings is 3. The van der Waals surface area contributed by atoms with E-state index in [2.05, 4.69) is 10.6 Å². The molecule has 0 saturated carbocycles. The molecule has 3 amide bonds. The number of hydrogen-bond donors (Lipinski definition) is 2. The second kappa shape index (κ2) is 8.64. The number of rotatable bonds is 6. The van der Waals surface area contributed by atoms with Gasteiger partial charge in [0.05, 0.1) is 16.8 Å². The molecule has 32 heavy (non-hydrogen) atoms. The van der Waals surface area contributed by atoms with Gasteiger partial charge in [0, 0.05) is 6.54 Å². The normalized spacial score (nSPS) is 14.0. The van der Waals surface area contributed by atoms with Crippen LogP contribution in [0.1, 0.15) is 26.3 Å². The van der Waals surface area contributed by atoms with E-state index in [1.807, 2.05) is 30.3 Å². The van der Waals surface area contributed by atoms with Gasteiger partial charge in [-0.15, -0.1) is 0 Å². The van der Waals surface area contributed by atoms with Crippen LogP contribution in [-0.2, 0) is 21.4 Å². The van der Waals surface area contributed by atoms with Crippen molar-refractivity contribution in [3.63, 3.8) is 0 Å². The second-order valence-electron chi connectivity index (χ2n) is 7.08. The van der Waals surface area contributed by atoms with Gasteiger partial charge in [-0.3, -0.25) is 14.4 Å². The molecule has 0 unspecified atom stereocenters. The molecule has 1 aliphatic heterocycles. The summed E-state index contributed by atoms with van der Waals surface area (Å²) in [5.74, 6) is -1.90. The molecule has 0 fully saturated rings. The molecule has 0 spiro atoms. The zero-order valence-electron chi connectivity index (χ0n) is 16.8. The fourth-order valence-electron chi connectivity index (χ4n) is 3.37. The Morgan fingerprint density at radius 2 is 1.50 bits per heavy atom. The van der Waals surface area contributed by atoms with Crippen LogP contribution in [0.2, 0.25) is 0 Å². The number of hydrogen-bond acceptors (Lipinski definition) is 5. The van der Waals surface area contributed by atoms with Gasteiger partial charge < -0.3 is 10.6 Å². The highest BCUT2D eigenvalue weighted by atomic mass is 32.2. The van der Waals surface area contributed by atoms with Crippen molar-refractivity contribution in [3.8, 4) is 0 Å². The van der Waals surface area contributed by atoms with Crippen molar-refractivity contribution in [1.82, 2.24) is 9.62 Å². The highest BCUT2D eigenvalue weighted by molar-refractivity contribution is 7.90. The molecule has 0 atom stereocenters. The molecule has 0 aromatic heterocycles. The molecule has 3 aromatic rings. The Morgan fingerprint density at radius 3 is 2.25 bits per heavy atom. The molecule has 9 heteroatoms. The van der Waals surface area contributed by atoms with Crippen molar-refractivity contribution in [2.24, 2.45) is 0 Å². The van der Waals surface area contributed by atoms with Gasteiger partial charge in [-0.05, 0) is 29.8 Å². The summed E-state index contributed by atoms with van der Waals surface area (Å²) in [5, 5.41) is 5.33. The molecule has 4 rings (SSSR count). The molecular weight excluding hydrogens is 430 g/mol. The molecule has 0 bridgehead atoms. The van der Waals surface area contributed by atoms with Crippen LogP contribution >= 0.6 is 0 Å². The summed E-state index contributed by atoms with van der Waals surface area (Å²) in [6.45, 7) is -0.392. The van der Waals surface area contributed by atoms with Gasteiger partial charge in [-0.25, -0.2) is 12.7 Å². The molecule has 8 nitrogen and oxygen atoms in total. The summed E-state index contributed by atoms with van der Waals surface area (Å²) in [7, 11) is -4.10. The number of sulfonamides is 1. The zero-order valence-corrected chi connectivity index (χ0v) is 17.6. The molecule has 0 saturated heterocycles. The summed E-state index contributed by atoms with van der Waals surface area (Å²) >= 11 is 0. The van der Waals surface area contributed by atoms with Crippen molar-refractivity contribution in [1.29, 1.82) is 0 Å². The molecule has 0 aliphatic carbocycles. The predicted molar refractivity (Wildman–Crippen MR) is 117 cm³/mol. The maximum atomic E-state index is 12.6. The largest absolute Gasteiger partial charge is 0.348 e. The minimum atomic E-state index is -4.10. The zero-order chi connectivity index (χ0) is 22.7. The van der Waals surface area contributed by atoms with Crippen molar-refractivity contribution in [2.45, 2.75) is 11.4 Å². The quantitative estimate of drug-likeness (QED) is 0.600. The van der Waals surface area contributed by atoms with Gasteiger partial charge in [-0.2, -0.15) is 0 Å². The average Bonchev–Trinajstić information content (AvgIpc) is 2.99. The minimum Gasteiger partial charge on any atom is -0.348 e. The Labute approximate surface area is 184 Å². The SMILES string of the molecule is O=C(CN1C(=O)c2ccccc2S1(=O)=O)Nc1ccccc1C(=O)NCc1ccccc1. The first-order chi connectivity index (χ1) is 15.4. The van der Waals surface area contributed by atoms with E-state index in [1.54, 1.807) is 24.3 Å². The number of anilines is 1. The third-order valence-corrected chi connectivity index (χ3v) is 6.73. The number of carbonyl (C=O) groups is 3. The van der Waals surface area contributed by atoms with Gasteiger partial charge in [0.1, 0.15) is 11.4 Å². The lowest BCUT2D eigenvalue weighted by Gasteiger charge is -2.16. The minimum absolute atomic E-state index is 0.0287. The van der Waals surface area contributed by atoms with Gasteiger partial charge in [0.15, 0.2) is 0 Å². The number of amides is 3. The fraction of sp³-hybridized carbons (Fsp3) is 0.0870. The van der Waals surface area contributed by atoms with E-state index in [-0.39, 0.29) is 21.7 Å². The van der Waals surface area contributed by atoms with Crippen molar-refractivity contribution in [2.75, 3.05) is 11.9 Å². The van der Waals surface area contributed by atoms with E-state index in [1.165, 1.54) is 24.3 Å². The molecule has 1 aliphatic rings. The van der Waals surface area contributed by atoms with E-state index in [9.17, 15) is 22.8 Å². The number of nitrogens with one attached hydrogen (secondary N) is 2. The Kier molecular flexibility index (Phi) is 5.74. The summed E-state index contributed by atoms with van der Waals surface area (Å²) in [6, 6.07) is 21.5. The molecule has 1 heterocycles. The van der Waals surface area contributed by atoms with Gasteiger partial charge >= 0.3 is 0 Å². The topological polar surface area (TPSA) is 113 Å². The smallest absolute Gasteiger partial charge is 0.269 e. The van der Waals surface area contributed by atoms with Gasteiger partial charge in [0.2, 0.25) is 5.91 Å². The number of para-hydroxylation sites is 1. The van der Waals surface area contributed by atoms with Crippen LogP contribution in [0.15, 0.2) is 83.8 Å². The lowest BCUT2D eigenvalue weighted by molar-refractivity contribution is -0.116. The Morgan fingerprint density at radius 1 is 0.844 bits per heavy atom. The van der Waals surface area contributed by atoms with Crippen LogP contribution in [0.4, 0.5) is 5.69 Å². The van der Waals surface area contributed by atoms with Gasteiger partial charge in [0.25, 0.3) is 21.8 Å². The van der Waals surface area contributed by atoms with Crippen molar-refractivity contribution >= 4 is 33.4 Å². The van der Waals surface area contributed by atoms with E-state index in [0.717, 1.165) is 5.56 Å². The van der Waals surface area contributed by atoms with Crippen LogP contribution in [0.25, 0.3) is 0 Å². The molecule has 3 aromatic carbocycles. The molecule has 2 N–H and O–H groups in total. The first-order valence-corrected chi connectivity index (χ1v) is 11.2. The maximum Gasteiger partial charge on any atom is 0.269 e. The highest BCUT2D eigenvalue weighted by Crippen LogP contribution is 2.29. The lowest BCUT2D eigenvalue weighted by Crippen LogP contribution is -2.37. The van der Waals surface area contributed by atoms with Gasteiger partial charge in [-0.1, -0.05) is 54.6 Å². The van der Waals surface area contributed by atoms with Crippen LogP contribution in [-0.4, -0.2) is 37.0 Å². The lowest BCUT2D eigenvalue weighted by atomic mass is 10.1. The van der Waals surface area contributed by atoms with Crippen LogP contribution in [0, 0.1) is 0 Å². The first-order valence-electron chi connectivity index (χ1n) is 9.75. The number of nitrogens with zero attached hydrogens (tertiary/aromatic N) is 1. The van der Waals surface area contributed by atoms with E-state index < -0.39 is 34.3 Å². The van der Waals surface area contributed by atoms with E-state index in [4.69, 9.17) is 0 Å². The standard InChI is InChI=1S/C23H19N3O5S/c27-21(15-26-23(29)18-11-5-7-13-20(18)32(26,30)31)25-19-12-6-4-10-17(19)22(28)24-14-16-8-2-1-3-9-16/h1-13H,14-15H2,(H,24,28)(H,25,27).